The standard InChI is InChI=1S/C11H14Cl2N2O2/c1-3-5-14-10(16)8-15(6-4-2)11(17)9(13)7-12/h3-4,7H,1-2,5-6,8H2,(H,14,16). The summed E-state index contributed by atoms with van der Waals surface area (Å²) in [6, 6.07) is 0. The van der Waals surface area contributed by atoms with Crippen molar-refractivity contribution in [3.8, 4) is 0 Å². The van der Waals surface area contributed by atoms with E-state index in [-0.39, 0.29) is 24.0 Å². The fourth-order valence-electron chi connectivity index (χ4n) is 0.988. The monoisotopic (exact) mass is 276 g/mol. The van der Waals surface area contributed by atoms with Gasteiger partial charge >= 0.3 is 0 Å². The molecule has 0 aromatic carbocycles. The minimum Gasteiger partial charge on any atom is -0.351 e. The van der Waals surface area contributed by atoms with E-state index in [1.165, 1.54) is 11.0 Å². The molecule has 0 unspecified atom stereocenters. The number of carbonyl (C=O) groups excluding carboxylic acids is 2. The van der Waals surface area contributed by atoms with E-state index in [0.717, 1.165) is 5.54 Å². The van der Waals surface area contributed by atoms with Gasteiger partial charge in [0.1, 0.15) is 11.6 Å². The summed E-state index contributed by atoms with van der Waals surface area (Å²) in [5.41, 5.74) is 0.960. The van der Waals surface area contributed by atoms with E-state index >= 15 is 0 Å². The van der Waals surface area contributed by atoms with Gasteiger partial charge in [-0.05, 0) is 0 Å². The molecule has 0 saturated carbocycles. The molecule has 17 heavy (non-hydrogen) atoms. The van der Waals surface area contributed by atoms with E-state index in [1.54, 1.807) is 6.08 Å². The molecule has 2 amide bonds. The third-order valence-electron chi connectivity index (χ3n) is 1.71. The van der Waals surface area contributed by atoms with Crippen molar-refractivity contribution in [2.24, 2.45) is 0 Å². The molecule has 0 radical (unpaired) electrons. The average molecular weight is 277 g/mol. The Morgan fingerprint density at radius 1 is 1.29 bits per heavy atom. The summed E-state index contributed by atoms with van der Waals surface area (Å²) in [5.74, 6) is -0.825. The van der Waals surface area contributed by atoms with Crippen molar-refractivity contribution < 1.29 is 9.59 Å². The van der Waals surface area contributed by atoms with Crippen LogP contribution >= 0.6 is 23.2 Å². The lowest BCUT2D eigenvalue weighted by atomic mass is 10.4. The van der Waals surface area contributed by atoms with Crippen molar-refractivity contribution in [2.75, 3.05) is 19.6 Å². The second kappa shape index (κ2) is 8.84. The predicted octanol–water partition coefficient (Wildman–Crippen LogP) is 1.62. The highest BCUT2D eigenvalue weighted by Crippen LogP contribution is 2.08. The van der Waals surface area contributed by atoms with Crippen molar-refractivity contribution in [2.45, 2.75) is 0 Å². The van der Waals surface area contributed by atoms with E-state index in [4.69, 9.17) is 23.2 Å². The molecular weight excluding hydrogens is 263 g/mol. The second-order valence-electron chi connectivity index (χ2n) is 3.02. The highest BCUT2D eigenvalue weighted by atomic mass is 35.5. The van der Waals surface area contributed by atoms with E-state index in [0.29, 0.717) is 6.54 Å². The fourth-order valence-corrected chi connectivity index (χ4v) is 1.20. The van der Waals surface area contributed by atoms with Gasteiger partial charge in [-0.1, -0.05) is 35.4 Å². The van der Waals surface area contributed by atoms with Crippen LogP contribution in [-0.4, -0.2) is 36.3 Å². The molecule has 0 aliphatic carbocycles. The Bertz CT molecular complexity index is 340. The quantitative estimate of drug-likeness (QED) is 0.568. The van der Waals surface area contributed by atoms with Gasteiger partial charge in [0.25, 0.3) is 5.91 Å². The maximum atomic E-state index is 11.7. The van der Waals surface area contributed by atoms with Crippen LogP contribution in [0.5, 0.6) is 0 Å². The smallest absolute Gasteiger partial charge is 0.267 e. The van der Waals surface area contributed by atoms with Crippen LogP contribution in [0.2, 0.25) is 0 Å². The fraction of sp³-hybridized carbons (Fsp3) is 0.273. The Balaban J connectivity index is 4.52. The number of hydrogen-bond donors (Lipinski definition) is 1. The molecule has 0 aromatic heterocycles. The van der Waals surface area contributed by atoms with Gasteiger partial charge in [-0.2, -0.15) is 0 Å². The molecule has 4 nitrogen and oxygen atoms in total. The Labute approximate surface area is 111 Å². The zero-order valence-corrected chi connectivity index (χ0v) is 10.8. The Kier molecular flexibility index (Phi) is 8.19. The summed E-state index contributed by atoms with van der Waals surface area (Å²) in [6.45, 7) is 7.41. The Morgan fingerprint density at radius 3 is 2.41 bits per heavy atom. The molecule has 94 valence electrons. The summed E-state index contributed by atoms with van der Waals surface area (Å²) >= 11 is 10.9. The maximum absolute atomic E-state index is 11.7. The van der Waals surface area contributed by atoms with Gasteiger partial charge in [0, 0.05) is 18.6 Å². The molecule has 0 aromatic rings. The Morgan fingerprint density at radius 2 is 1.94 bits per heavy atom. The zero-order valence-electron chi connectivity index (χ0n) is 9.29. The number of amides is 2. The van der Waals surface area contributed by atoms with Crippen LogP contribution < -0.4 is 5.32 Å². The molecule has 0 fully saturated rings. The van der Waals surface area contributed by atoms with Gasteiger partial charge in [-0.25, -0.2) is 0 Å². The molecule has 6 heteroatoms. The normalized spacial score (nSPS) is 10.6. The molecule has 0 rings (SSSR count). The van der Waals surface area contributed by atoms with Gasteiger partial charge in [-0.15, -0.1) is 13.2 Å². The van der Waals surface area contributed by atoms with Crippen LogP contribution in [0.4, 0.5) is 0 Å². The molecule has 0 heterocycles. The van der Waals surface area contributed by atoms with E-state index in [9.17, 15) is 9.59 Å². The van der Waals surface area contributed by atoms with Crippen LogP contribution in [0, 0.1) is 0 Å². The molecule has 1 N–H and O–H groups in total. The average Bonchev–Trinajstić information content (AvgIpc) is 2.33. The molecule has 0 bridgehead atoms. The van der Waals surface area contributed by atoms with E-state index in [1.807, 2.05) is 0 Å². The summed E-state index contributed by atoms with van der Waals surface area (Å²) in [6.07, 6.45) is 3.04. The molecule has 0 aliphatic rings. The number of nitrogens with zero attached hydrogens (tertiary/aromatic N) is 1. The first kappa shape index (κ1) is 15.7. The van der Waals surface area contributed by atoms with Crippen LogP contribution in [0.3, 0.4) is 0 Å². The lowest BCUT2D eigenvalue weighted by Gasteiger charge is -2.19. The minimum atomic E-state index is -0.518. The molecule has 0 aliphatic heterocycles. The Hall–Kier alpha value is -1.26. The molecule has 0 atom stereocenters. The predicted molar refractivity (Wildman–Crippen MR) is 69.8 cm³/mol. The highest BCUT2D eigenvalue weighted by molar-refractivity contribution is 6.46. The van der Waals surface area contributed by atoms with E-state index < -0.39 is 5.91 Å². The van der Waals surface area contributed by atoms with E-state index in [2.05, 4.69) is 18.5 Å². The summed E-state index contributed by atoms with van der Waals surface area (Å²) < 4.78 is 0. The lowest BCUT2D eigenvalue weighted by Crippen LogP contribution is -2.40. The van der Waals surface area contributed by atoms with Gasteiger partial charge in [-0.3, -0.25) is 9.59 Å². The number of halogens is 2. The van der Waals surface area contributed by atoms with Crippen LogP contribution in [0.15, 0.2) is 35.9 Å². The number of nitrogens with one attached hydrogen (secondary N) is 1. The molecule has 0 spiro atoms. The van der Waals surface area contributed by atoms with Crippen molar-refractivity contribution >= 4 is 35.0 Å². The minimum absolute atomic E-state index is 0.111. The second-order valence-corrected chi connectivity index (χ2v) is 3.65. The van der Waals surface area contributed by atoms with Crippen molar-refractivity contribution in [3.63, 3.8) is 0 Å². The first-order valence-corrected chi connectivity index (χ1v) is 5.61. The lowest BCUT2D eigenvalue weighted by molar-refractivity contribution is -0.132. The highest BCUT2D eigenvalue weighted by Gasteiger charge is 2.18. The SMILES string of the molecule is C=CCNC(=O)CN(CC=C)C(=O)C(Cl)=CCl. The number of rotatable bonds is 7. The topological polar surface area (TPSA) is 49.4 Å². The van der Waals surface area contributed by atoms with Crippen molar-refractivity contribution in [1.29, 1.82) is 0 Å². The molecule has 0 saturated heterocycles. The van der Waals surface area contributed by atoms with Crippen molar-refractivity contribution in [1.82, 2.24) is 10.2 Å². The van der Waals surface area contributed by atoms with Crippen LogP contribution in [0.25, 0.3) is 0 Å². The van der Waals surface area contributed by atoms with Gasteiger partial charge < -0.3 is 10.2 Å². The largest absolute Gasteiger partial charge is 0.351 e. The first-order valence-electron chi connectivity index (χ1n) is 4.80. The van der Waals surface area contributed by atoms with Crippen LogP contribution in [-0.2, 0) is 9.59 Å². The van der Waals surface area contributed by atoms with Crippen LogP contribution in [0.1, 0.15) is 0 Å². The first-order chi connectivity index (χ1) is 8.06. The summed E-state index contributed by atoms with van der Waals surface area (Å²) in [4.78, 5) is 24.3. The maximum Gasteiger partial charge on any atom is 0.267 e. The number of carbonyl (C=O) groups is 2. The third-order valence-corrected chi connectivity index (χ3v) is 2.32. The summed E-state index contributed by atoms with van der Waals surface area (Å²) in [5, 5.41) is 2.40. The van der Waals surface area contributed by atoms with Crippen molar-refractivity contribution in [3.05, 3.63) is 35.9 Å². The molecular formula is C11H14Cl2N2O2. The van der Waals surface area contributed by atoms with Gasteiger partial charge in [0.05, 0.1) is 0 Å². The van der Waals surface area contributed by atoms with Gasteiger partial charge in [0.2, 0.25) is 5.91 Å². The number of hydrogen-bond acceptors (Lipinski definition) is 2. The third kappa shape index (κ3) is 6.14. The van der Waals surface area contributed by atoms with Gasteiger partial charge in [0.15, 0.2) is 0 Å². The zero-order chi connectivity index (χ0) is 13.3. The summed E-state index contributed by atoms with van der Waals surface area (Å²) in [7, 11) is 0.